The molecule has 6 nitrogen and oxygen atoms in total. The van der Waals surface area contributed by atoms with Crippen LogP contribution in [-0.4, -0.2) is 32.6 Å². The molecule has 0 heterocycles. The van der Waals surface area contributed by atoms with Crippen molar-refractivity contribution in [2.24, 2.45) is 0 Å². The molecule has 0 radical (unpaired) electrons. The Labute approximate surface area is 197 Å². The molecule has 0 aromatic heterocycles. The number of nitrogens with one attached hydrogen (secondary N) is 2. The van der Waals surface area contributed by atoms with Gasteiger partial charge in [0.25, 0.3) is 9.05 Å². The molecule has 0 bridgehead atoms. The first kappa shape index (κ1) is 33.4. The minimum absolute atomic E-state index is 0.129. The zero-order valence-corrected chi connectivity index (χ0v) is 20.0. The van der Waals surface area contributed by atoms with E-state index >= 15 is 0 Å². The highest BCUT2D eigenvalue weighted by Crippen LogP contribution is 2.21. The molecular weight excluding hydrogens is 514 g/mol. The van der Waals surface area contributed by atoms with Gasteiger partial charge in [-0.05, 0) is 36.4 Å². The molecular formula is C20H23ClF6N2O4S. The topological polar surface area (TPSA) is 92.3 Å². The zero-order valence-electron chi connectivity index (χ0n) is 18.4. The van der Waals surface area contributed by atoms with Crippen LogP contribution in [0.5, 0.6) is 0 Å². The van der Waals surface area contributed by atoms with Gasteiger partial charge in [0.05, 0.1) is 4.90 Å². The second-order valence-corrected chi connectivity index (χ2v) is 7.80. The maximum atomic E-state index is 11.9. The number of carbonyl (C=O) groups excluding carboxylic acids is 2. The smallest absolute Gasteiger partial charge is 0.318 e. The quantitative estimate of drug-likeness (QED) is 0.353. The van der Waals surface area contributed by atoms with Gasteiger partial charge in [-0.2, -0.15) is 26.3 Å². The summed E-state index contributed by atoms with van der Waals surface area (Å²) in [6.07, 6.45) is -9.84. The lowest BCUT2D eigenvalue weighted by molar-refractivity contribution is -0.167. The Hall–Kier alpha value is -2.80. The average Bonchev–Trinajstić information content (AvgIpc) is 2.76. The maximum Gasteiger partial charge on any atom is 0.471 e. The van der Waals surface area contributed by atoms with Crippen molar-refractivity contribution in [3.63, 3.8) is 0 Å². The first-order valence-corrected chi connectivity index (χ1v) is 11.8. The van der Waals surface area contributed by atoms with E-state index in [1.54, 1.807) is 16.7 Å². The summed E-state index contributed by atoms with van der Waals surface area (Å²) < 4.78 is 92.4. The van der Waals surface area contributed by atoms with Crippen LogP contribution in [0.15, 0.2) is 59.5 Å². The Bertz CT molecular complexity index is 981. The van der Waals surface area contributed by atoms with Crippen molar-refractivity contribution in [1.29, 1.82) is 0 Å². The van der Waals surface area contributed by atoms with Crippen molar-refractivity contribution >= 4 is 42.9 Å². The molecule has 2 aromatic carbocycles. The molecule has 0 saturated carbocycles. The fraction of sp³-hybridized carbons (Fsp3) is 0.300. The van der Waals surface area contributed by atoms with Crippen molar-refractivity contribution in [2.75, 3.05) is 10.6 Å². The average molecular weight is 537 g/mol. The summed E-state index contributed by atoms with van der Waals surface area (Å²) in [4.78, 5) is 20.7. The number of hydrogen-bond acceptors (Lipinski definition) is 4. The van der Waals surface area contributed by atoms with Crippen LogP contribution in [0.3, 0.4) is 0 Å². The first-order chi connectivity index (χ1) is 15.6. The van der Waals surface area contributed by atoms with Crippen LogP contribution in [0.1, 0.15) is 27.7 Å². The molecule has 2 amide bonds. The minimum Gasteiger partial charge on any atom is -0.318 e. The van der Waals surface area contributed by atoms with Crippen LogP contribution in [0, 0.1) is 0 Å². The monoisotopic (exact) mass is 536 g/mol. The summed E-state index contributed by atoms with van der Waals surface area (Å²) in [5.41, 5.74) is -0.0544. The molecule has 0 aliphatic heterocycles. The molecule has 2 N–H and O–H groups in total. The standard InChI is InChI=1S/C8H5ClF3NO3S.C8H6F3NO.2C2H6/c9-17(15,16)6-3-1-5(2-4-6)13-7(14)8(10,11)12;9-8(10,11)7(13)12-6-4-2-1-3-5-6;2*1-2/h1-4H,(H,13,14);1-5H,(H,12,13);2*1-2H3. The van der Waals surface area contributed by atoms with Crippen LogP contribution in [0.4, 0.5) is 37.7 Å². The number of halogens is 7. The molecule has 0 atom stereocenters. The van der Waals surface area contributed by atoms with Gasteiger partial charge in [0.15, 0.2) is 0 Å². The van der Waals surface area contributed by atoms with Gasteiger partial charge in [-0.3, -0.25) is 9.59 Å². The van der Waals surface area contributed by atoms with E-state index in [2.05, 4.69) is 0 Å². The Balaban J connectivity index is 0. The van der Waals surface area contributed by atoms with Crippen LogP contribution in [0.2, 0.25) is 0 Å². The predicted molar refractivity (Wildman–Crippen MR) is 118 cm³/mol. The van der Waals surface area contributed by atoms with Gasteiger partial charge in [0, 0.05) is 22.1 Å². The number of alkyl halides is 6. The third-order valence-corrected chi connectivity index (χ3v) is 4.31. The van der Waals surface area contributed by atoms with Gasteiger partial charge in [-0.15, -0.1) is 0 Å². The molecule has 0 aliphatic carbocycles. The van der Waals surface area contributed by atoms with E-state index in [1.165, 1.54) is 24.3 Å². The molecule has 2 rings (SSSR count). The van der Waals surface area contributed by atoms with Crippen LogP contribution in [-0.2, 0) is 18.6 Å². The number of anilines is 2. The van der Waals surface area contributed by atoms with E-state index in [4.69, 9.17) is 10.7 Å². The predicted octanol–water partition coefficient (Wildman–Crippen LogP) is 6.35. The third kappa shape index (κ3) is 13.7. The van der Waals surface area contributed by atoms with Gasteiger partial charge < -0.3 is 10.6 Å². The third-order valence-electron chi connectivity index (χ3n) is 2.94. The summed E-state index contributed by atoms with van der Waals surface area (Å²) in [5, 5.41) is 3.28. The SMILES string of the molecule is CC.CC.O=C(Nc1ccc(S(=O)(=O)Cl)cc1)C(F)(F)F.O=C(Nc1ccccc1)C(F)(F)F. The number of para-hydroxylation sites is 1. The summed E-state index contributed by atoms with van der Waals surface area (Å²) in [6.45, 7) is 8.00. The fourth-order valence-electron chi connectivity index (χ4n) is 1.63. The van der Waals surface area contributed by atoms with E-state index in [0.717, 1.165) is 24.3 Å². The van der Waals surface area contributed by atoms with E-state index < -0.39 is 33.2 Å². The molecule has 0 spiro atoms. The van der Waals surface area contributed by atoms with E-state index in [9.17, 15) is 44.3 Å². The molecule has 2 aromatic rings. The second-order valence-electron chi connectivity index (χ2n) is 5.23. The Kier molecular flexibility index (Phi) is 14.9. The van der Waals surface area contributed by atoms with Crippen LogP contribution < -0.4 is 10.6 Å². The van der Waals surface area contributed by atoms with Crippen molar-refractivity contribution in [3.8, 4) is 0 Å². The molecule has 0 aliphatic rings. The molecule has 0 fully saturated rings. The summed E-state index contributed by atoms with van der Waals surface area (Å²) >= 11 is 0. The van der Waals surface area contributed by atoms with Crippen molar-refractivity contribution < 1.29 is 44.3 Å². The van der Waals surface area contributed by atoms with Crippen LogP contribution >= 0.6 is 10.7 Å². The molecule has 0 unspecified atom stereocenters. The van der Waals surface area contributed by atoms with E-state index in [-0.39, 0.29) is 16.3 Å². The Morgan fingerprint density at radius 1 is 0.676 bits per heavy atom. The van der Waals surface area contributed by atoms with Crippen molar-refractivity contribution in [3.05, 3.63) is 54.6 Å². The molecule has 34 heavy (non-hydrogen) atoms. The lowest BCUT2D eigenvalue weighted by Crippen LogP contribution is -2.29. The number of carbonyl (C=O) groups is 2. The number of rotatable bonds is 3. The normalized spacial score (nSPS) is 10.7. The second kappa shape index (κ2) is 15.2. The summed E-state index contributed by atoms with van der Waals surface area (Å²) in [6, 6.07) is 11.4. The number of hydrogen-bond donors (Lipinski definition) is 2. The van der Waals surface area contributed by atoms with Crippen molar-refractivity contribution in [2.45, 2.75) is 44.9 Å². The van der Waals surface area contributed by atoms with Crippen LogP contribution in [0.25, 0.3) is 0 Å². The summed E-state index contributed by atoms with van der Waals surface area (Å²) in [5.74, 6) is -4.10. The molecule has 0 saturated heterocycles. The highest BCUT2D eigenvalue weighted by atomic mass is 35.7. The zero-order chi connectivity index (χ0) is 27.2. The molecule has 192 valence electrons. The molecule has 14 heteroatoms. The highest BCUT2D eigenvalue weighted by Gasteiger charge is 2.39. The highest BCUT2D eigenvalue weighted by molar-refractivity contribution is 8.13. The van der Waals surface area contributed by atoms with Gasteiger partial charge in [-0.25, -0.2) is 8.42 Å². The van der Waals surface area contributed by atoms with E-state index in [0.29, 0.717) is 0 Å². The largest absolute Gasteiger partial charge is 0.471 e. The van der Waals surface area contributed by atoms with Gasteiger partial charge >= 0.3 is 24.2 Å². The van der Waals surface area contributed by atoms with Crippen molar-refractivity contribution in [1.82, 2.24) is 0 Å². The maximum absolute atomic E-state index is 11.9. The Morgan fingerprint density at radius 3 is 1.29 bits per heavy atom. The fourth-order valence-corrected chi connectivity index (χ4v) is 2.40. The lowest BCUT2D eigenvalue weighted by atomic mass is 10.3. The van der Waals surface area contributed by atoms with Gasteiger partial charge in [0.1, 0.15) is 0 Å². The number of benzene rings is 2. The summed E-state index contributed by atoms with van der Waals surface area (Å²) in [7, 11) is 1.05. The van der Waals surface area contributed by atoms with Gasteiger partial charge in [0.2, 0.25) is 0 Å². The lowest BCUT2D eigenvalue weighted by Gasteiger charge is -2.07. The first-order valence-electron chi connectivity index (χ1n) is 9.47. The van der Waals surface area contributed by atoms with Gasteiger partial charge in [-0.1, -0.05) is 45.9 Å². The Morgan fingerprint density at radius 2 is 1.00 bits per heavy atom. The minimum atomic E-state index is -5.00. The van der Waals surface area contributed by atoms with E-state index in [1.807, 2.05) is 27.7 Å². The number of amides is 2.